The molecule has 37 heavy (non-hydrogen) atoms. The molecule has 0 amide bonds. The number of aromatic nitrogens is 2. The summed E-state index contributed by atoms with van der Waals surface area (Å²) in [5.74, 6) is -4.11. The lowest BCUT2D eigenvalue weighted by molar-refractivity contribution is -0.204. The molecule has 3 rings (SSSR count). The Labute approximate surface area is 210 Å². The van der Waals surface area contributed by atoms with Crippen LogP contribution >= 0.6 is 7.75 Å². The Balaban J connectivity index is 1.86. The lowest BCUT2D eigenvalue weighted by Gasteiger charge is -2.28. The summed E-state index contributed by atoms with van der Waals surface area (Å²) in [4.78, 5) is 37.6. The topological polar surface area (TPSA) is 158 Å². The van der Waals surface area contributed by atoms with Crippen LogP contribution in [0.1, 0.15) is 33.9 Å². The normalized spacial score (nSPS) is 28.0. The summed E-state index contributed by atoms with van der Waals surface area (Å²) < 4.78 is 66.0. The lowest BCUT2D eigenvalue weighted by Crippen LogP contribution is -2.47. The average molecular weight is 547 g/mol. The van der Waals surface area contributed by atoms with Gasteiger partial charge < -0.3 is 19.1 Å². The summed E-state index contributed by atoms with van der Waals surface area (Å²) in [5.41, 5.74) is -4.80. The van der Waals surface area contributed by atoms with Gasteiger partial charge in [0.05, 0.1) is 6.10 Å². The molecule has 1 aliphatic rings. The van der Waals surface area contributed by atoms with E-state index in [1.54, 1.807) is 32.0 Å². The summed E-state index contributed by atoms with van der Waals surface area (Å²) in [6.45, 7) is 3.95. The first-order valence-corrected chi connectivity index (χ1v) is 12.7. The van der Waals surface area contributed by atoms with E-state index in [2.05, 4.69) is 5.09 Å². The number of rotatable bonds is 10. The van der Waals surface area contributed by atoms with Crippen molar-refractivity contribution in [2.45, 2.75) is 63.7 Å². The van der Waals surface area contributed by atoms with Crippen molar-refractivity contribution in [1.82, 2.24) is 14.6 Å². The van der Waals surface area contributed by atoms with Crippen molar-refractivity contribution in [3.63, 3.8) is 0 Å². The van der Waals surface area contributed by atoms with Gasteiger partial charge in [-0.05, 0) is 39.8 Å². The molecule has 1 saturated heterocycles. The first-order chi connectivity index (χ1) is 17.2. The van der Waals surface area contributed by atoms with Crippen LogP contribution in [-0.2, 0) is 23.4 Å². The highest BCUT2D eigenvalue weighted by atomic mass is 31.2. The smallest absolute Gasteiger partial charge is 0.459 e. The fourth-order valence-electron chi connectivity index (χ4n) is 3.48. The molecule has 1 aromatic heterocycles. The van der Waals surface area contributed by atoms with Gasteiger partial charge in [-0.1, -0.05) is 18.2 Å². The summed E-state index contributed by atoms with van der Waals surface area (Å²) in [6, 6.07) is 7.22. The minimum atomic E-state index is -4.59. The highest BCUT2D eigenvalue weighted by molar-refractivity contribution is 7.52. The average Bonchev–Trinajstić information content (AvgIpc) is 2.98. The molecule has 1 fully saturated rings. The van der Waals surface area contributed by atoms with Gasteiger partial charge in [-0.15, -0.1) is 0 Å². The first-order valence-electron chi connectivity index (χ1n) is 11.2. The number of nitrogens with zero attached hydrogens (tertiary/aromatic N) is 1. The van der Waals surface area contributed by atoms with Crippen LogP contribution in [0.5, 0.6) is 5.75 Å². The third kappa shape index (κ3) is 6.51. The minimum Gasteiger partial charge on any atom is -0.462 e. The largest absolute Gasteiger partial charge is 0.462 e. The van der Waals surface area contributed by atoms with E-state index in [-0.39, 0.29) is 5.75 Å². The van der Waals surface area contributed by atoms with Gasteiger partial charge in [-0.2, -0.15) is 5.09 Å². The predicted molar refractivity (Wildman–Crippen MR) is 125 cm³/mol. The van der Waals surface area contributed by atoms with Crippen molar-refractivity contribution in [3.8, 4) is 5.75 Å². The monoisotopic (exact) mass is 547 g/mol. The zero-order chi connectivity index (χ0) is 27.6. The molecule has 6 atom stereocenters. The fraction of sp³-hybridized carbons (Fsp3) is 0.500. The third-order valence-electron chi connectivity index (χ3n) is 5.29. The molecule has 0 saturated carbocycles. The number of aliphatic hydroxyl groups is 1. The van der Waals surface area contributed by atoms with Crippen molar-refractivity contribution in [2.24, 2.45) is 0 Å². The molecule has 2 heterocycles. The molecule has 1 aromatic carbocycles. The van der Waals surface area contributed by atoms with Crippen LogP contribution in [0.3, 0.4) is 0 Å². The number of H-pyrrole nitrogens is 1. The number of hydrogen-bond donors (Lipinski definition) is 3. The Bertz CT molecular complexity index is 1270. The molecule has 12 nitrogen and oxygen atoms in total. The van der Waals surface area contributed by atoms with Crippen molar-refractivity contribution in [1.29, 1.82) is 0 Å². The fourth-order valence-corrected chi connectivity index (χ4v) is 4.99. The van der Waals surface area contributed by atoms with Crippen LogP contribution in [-0.4, -0.2) is 57.0 Å². The SMILES string of the molecule is CC(C)OC(=O)[C@H](C)N[P@](=O)(OC[C@@]1(F)O[C@@H](n2ccc(=O)[nH]c2=O)[C@](C)(F)C1O)Oc1ccccc1. The Kier molecular flexibility index (Phi) is 8.40. The maximum atomic E-state index is 15.8. The molecule has 2 aromatic rings. The van der Waals surface area contributed by atoms with E-state index >= 15 is 8.78 Å². The van der Waals surface area contributed by atoms with Gasteiger partial charge >= 0.3 is 19.4 Å². The molecule has 0 aliphatic carbocycles. The number of nitrogens with one attached hydrogen (secondary N) is 2. The molecule has 0 radical (unpaired) electrons. The van der Waals surface area contributed by atoms with E-state index in [0.717, 1.165) is 19.2 Å². The summed E-state index contributed by atoms with van der Waals surface area (Å²) in [6.07, 6.45) is -4.17. The second kappa shape index (κ2) is 10.8. The number of para-hydroxylation sites is 1. The van der Waals surface area contributed by atoms with E-state index in [1.165, 1.54) is 19.1 Å². The Hall–Kier alpha value is -2.90. The van der Waals surface area contributed by atoms with Gasteiger partial charge in [0.1, 0.15) is 18.4 Å². The maximum absolute atomic E-state index is 15.8. The van der Waals surface area contributed by atoms with Gasteiger partial charge in [0.15, 0.2) is 18.0 Å². The molecular formula is C22H28F2N3O9P. The van der Waals surface area contributed by atoms with Gasteiger partial charge in [-0.3, -0.25) is 23.7 Å². The van der Waals surface area contributed by atoms with E-state index in [4.69, 9.17) is 18.5 Å². The summed E-state index contributed by atoms with van der Waals surface area (Å²) in [5, 5.41) is 12.8. The number of hydrogen-bond acceptors (Lipinski definition) is 9. The van der Waals surface area contributed by atoms with E-state index < -0.39 is 67.6 Å². The first kappa shape index (κ1) is 28.7. The highest BCUT2D eigenvalue weighted by Gasteiger charge is 2.65. The van der Waals surface area contributed by atoms with Gasteiger partial charge in [0, 0.05) is 12.3 Å². The van der Waals surface area contributed by atoms with Crippen LogP contribution in [0.2, 0.25) is 0 Å². The molecule has 15 heteroatoms. The number of carbonyl (C=O) groups is 1. The molecular weight excluding hydrogens is 519 g/mol. The number of aromatic amines is 1. The molecule has 3 N–H and O–H groups in total. The second-order valence-corrected chi connectivity index (χ2v) is 10.5. The molecule has 204 valence electrons. The van der Waals surface area contributed by atoms with Crippen LogP contribution in [0.15, 0.2) is 52.2 Å². The number of aliphatic hydroxyl groups excluding tert-OH is 1. The number of ether oxygens (including phenoxy) is 2. The quantitative estimate of drug-likeness (QED) is 0.297. The van der Waals surface area contributed by atoms with Crippen molar-refractivity contribution in [3.05, 3.63) is 63.4 Å². The Morgan fingerprint density at radius 1 is 1.24 bits per heavy atom. The highest BCUT2D eigenvalue weighted by Crippen LogP contribution is 2.51. The van der Waals surface area contributed by atoms with Gasteiger partial charge in [-0.25, -0.2) is 18.1 Å². The number of alkyl halides is 2. The van der Waals surface area contributed by atoms with Crippen LogP contribution in [0, 0.1) is 0 Å². The zero-order valence-electron chi connectivity index (χ0n) is 20.4. The number of halogens is 2. The van der Waals surface area contributed by atoms with Crippen molar-refractivity contribution >= 4 is 13.7 Å². The maximum Gasteiger partial charge on any atom is 0.459 e. The van der Waals surface area contributed by atoms with E-state index in [0.29, 0.717) is 4.57 Å². The second-order valence-electron chi connectivity index (χ2n) is 8.84. The predicted octanol–water partition coefficient (Wildman–Crippen LogP) is 1.95. The number of esters is 1. The lowest BCUT2D eigenvalue weighted by atomic mass is 9.97. The Morgan fingerprint density at radius 3 is 2.49 bits per heavy atom. The number of benzene rings is 1. The molecule has 1 unspecified atom stereocenters. The zero-order valence-corrected chi connectivity index (χ0v) is 21.3. The van der Waals surface area contributed by atoms with Crippen molar-refractivity contribution in [2.75, 3.05) is 6.61 Å². The van der Waals surface area contributed by atoms with Crippen molar-refractivity contribution < 1.29 is 41.8 Å². The number of carbonyl (C=O) groups excluding carboxylic acids is 1. The molecule has 0 spiro atoms. The third-order valence-corrected chi connectivity index (χ3v) is 6.92. The minimum absolute atomic E-state index is 0.0246. The summed E-state index contributed by atoms with van der Waals surface area (Å²) >= 11 is 0. The van der Waals surface area contributed by atoms with E-state index in [1.807, 2.05) is 4.98 Å². The van der Waals surface area contributed by atoms with Gasteiger partial charge in [0.25, 0.3) is 11.4 Å². The van der Waals surface area contributed by atoms with Crippen LogP contribution in [0.25, 0.3) is 0 Å². The summed E-state index contributed by atoms with van der Waals surface area (Å²) in [7, 11) is -4.59. The molecule has 0 bridgehead atoms. The molecule has 1 aliphatic heterocycles. The van der Waals surface area contributed by atoms with E-state index in [9.17, 15) is 24.1 Å². The van der Waals surface area contributed by atoms with Gasteiger partial charge in [0.2, 0.25) is 0 Å². The van der Waals surface area contributed by atoms with Crippen LogP contribution in [0.4, 0.5) is 8.78 Å². The standard InChI is InChI=1S/C22H28F2N3O9P/c1-13(2)34-17(29)14(3)26-37(32,36-15-8-6-5-7-9-15)33-12-22(24)18(30)21(4,23)19(35-22)27-11-10-16(28)25-20(27)31/h5-11,13-14,18-19,30H,12H2,1-4H3,(H,26,32)(H,25,28,31)/t14-,18?,19+,21+,22+,37-/m0/s1. The Morgan fingerprint density at radius 2 is 1.89 bits per heavy atom. The van der Waals surface area contributed by atoms with Crippen LogP contribution < -0.4 is 20.9 Å².